The van der Waals surface area contributed by atoms with Crippen LogP contribution in [0.5, 0.6) is 11.6 Å². The molecule has 1 atom stereocenters. The van der Waals surface area contributed by atoms with Gasteiger partial charge < -0.3 is 14.8 Å². The Kier molecular flexibility index (Phi) is 4.70. The quantitative estimate of drug-likeness (QED) is 0.616. The summed E-state index contributed by atoms with van der Waals surface area (Å²) in [7, 11) is 1.51. The molecule has 3 rings (SSSR count). The molecule has 0 aromatic carbocycles. The number of ether oxygens (including phenoxy) is 2. The van der Waals surface area contributed by atoms with Crippen LogP contribution in [0.4, 0.5) is 4.79 Å². The van der Waals surface area contributed by atoms with Crippen LogP contribution in [-0.4, -0.2) is 24.7 Å². The van der Waals surface area contributed by atoms with Gasteiger partial charge in [-0.2, -0.15) is 4.98 Å². The Labute approximate surface area is 157 Å². The summed E-state index contributed by atoms with van der Waals surface area (Å²) in [6, 6.07) is 0. The van der Waals surface area contributed by atoms with Crippen molar-refractivity contribution in [1.29, 1.82) is 0 Å². The average molecular weight is 434 g/mol. The van der Waals surface area contributed by atoms with E-state index in [0.717, 1.165) is 31.6 Å². The first kappa shape index (κ1) is 17.8. The highest BCUT2D eigenvalue weighted by Crippen LogP contribution is 2.54. The van der Waals surface area contributed by atoms with Crippen molar-refractivity contribution in [3.63, 3.8) is 0 Å². The van der Waals surface area contributed by atoms with E-state index in [4.69, 9.17) is 21.1 Å². The predicted molar refractivity (Wildman–Crippen MR) is 99.7 cm³/mol. The van der Waals surface area contributed by atoms with E-state index >= 15 is 0 Å². The van der Waals surface area contributed by atoms with Gasteiger partial charge in [0, 0.05) is 18.0 Å². The summed E-state index contributed by atoms with van der Waals surface area (Å²) in [6.07, 6.45) is 0.237. The summed E-state index contributed by atoms with van der Waals surface area (Å²) in [5.41, 5.74) is 0.836. The molecule has 1 N–H and O–H groups in total. The van der Waals surface area contributed by atoms with Gasteiger partial charge in [0.2, 0.25) is 5.88 Å². The van der Waals surface area contributed by atoms with E-state index < -0.39 is 6.09 Å². The Morgan fingerprint density at radius 1 is 1.50 bits per heavy atom. The lowest BCUT2D eigenvalue weighted by Gasteiger charge is -2.31. The van der Waals surface area contributed by atoms with Crippen LogP contribution in [0, 0.1) is 5.41 Å². The van der Waals surface area contributed by atoms with E-state index in [1.165, 1.54) is 18.4 Å². The topological polar surface area (TPSA) is 60.5 Å². The molecule has 2 aromatic heterocycles. The van der Waals surface area contributed by atoms with Crippen LogP contribution in [0.3, 0.4) is 0 Å². The first-order chi connectivity index (χ1) is 11.2. The maximum Gasteiger partial charge on any atom is 0.413 e. The summed E-state index contributed by atoms with van der Waals surface area (Å²) >= 11 is 11.4. The lowest BCUT2D eigenvalue weighted by molar-refractivity contribution is 0.198. The van der Waals surface area contributed by atoms with Crippen LogP contribution in [0.15, 0.2) is 3.79 Å². The maximum absolute atomic E-state index is 11.8. The molecule has 1 aliphatic rings. The molecular formula is C16H18BrClN2O3S. The van der Waals surface area contributed by atoms with Crippen LogP contribution in [0.2, 0.25) is 5.15 Å². The van der Waals surface area contributed by atoms with Gasteiger partial charge in [0.25, 0.3) is 0 Å². The first-order valence-corrected chi connectivity index (χ1v) is 9.56. The SMILES string of the molecule is CNC(=O)Oc1nc(Cl)c2sc(Br)c3c2c1C(C(C)(C)C)CCO3. The highest BCUT2D eigenvalue weighted by Gasteiger charge is 2.36. The second kappa shape index (κ2) is 6.35. The fourth-order valence-corrected chi connectivity index (χ4v) is 5.00. The number of rotatable bonds is 1. The lowest BCUT2D eigenvalue weighted by Crippen LogP contribution is -2.25. The van der Waals surface area contributed by atoms with Crippen molar-refractivity contribution in [1.82, 2.24) is 10.3 Å². The molecule has 0 fully saturated rings. The second-order valence-corrected chi connectivity index (χ2v) is 9.42. The van der Waals surface area contributed by atoms with Crippen LogP contribution in [0.1, 0.15) is 38.7 Å². The van der Waals surface area contributed by atoms with E-state index in [-0.39, 0.29) is 17.2 Å². The molecule has 5 nitrogen and oxygen atoms in total. The summed E-state index contributed by atoms with van der Waals surface area (Å²) in [4.78, 5) is 16.2. The molecule has 1 amide bonds. The Hall–Kier alpha value is -1.05. The molecule has 2 aromatic rings. The molecule has 3 heterocycles. The first-order valence-electron chi connectivity index (χ1n) is 7.57. The number of carbonyl (C=O) groups is 1. The van der Waals surface area contributed by atoms with E-state index in [2.05, 4.69) is 47.0 Å². The van der Waals surface area contributed by atoms with Gasteiger partial charge in [0.05, 0.1) is 11.3 Å². The number of carbonyl (C=O) groups excluding carboxylic acids is 1. The number of aromatic nitrogens is 1. The number of pyridine rings is 1. The Morgan fingerprint density at radius 3 is 2.83 bits per heavy atom. The zero-order chi connectivity index (χ0) is 17.6. The number of nitrogens with zero attached hydrogens (tertiary/aromatic N) is 1. The largest absolute Gasteiger partial charge is 0.491 e. The van der Waals surface area contributed by atoms with Crippen molar-refractivity contribution < 1.29 is 14.3 Å². The normalized spacial score (nSPS) is 17.3. The van der Waals surface area contributed by atoms with Gasteiger partial charge in [-0.05, 0) is 33.7 Å². The molecule has 0 spiro atoms. The van der Waals surface area contributed by atoms with E-state index in [9.17, 15) is 4.79 Å². The average Bonchev–Trinajstić information content (AvgIpc) is 2.69. The van der Waals surface area contributed by atoms with Crippen molar-refractivity contribution in [2.45, 2.75) is 33.1 Å². The van der Waals surface area contributed by atoms with Gasteiger partial charge in [-0.15, -0.1) is 11.3 Å². The molecule has 0 saturated carbocycles. The lowest BCUT2D eigenvalue weighted by atomic mass is 9.74. The highest BCUT2D eigenvalue weighted by molar-refractivity contribution is 9.11. The van der Waals surface area contributed by atoms with Crippen LogP contribution in [-0.2, 0) is 0 Å². The number of hydrogen-bond acceptors (Lipinski definition) is 5. The summed E-state index contributed by atoms with van der Waals surface area (Å²) < 4.78 is 13.1. The fraction of sp³-hybridized carbons (Fsp3) is 0.500. The summed E-state index contributed by atoms with van der Waals surface area (Å²) in [5.74, 6) is 1.12. The molecule has 0 bridgehead atoms. The predicted octanol–water partition coefficient (Wildman–Crippen LogP) is 5.34. The van der Waals surface area contributed by atoms with Crippen molar-refractivity contribution in [3.8, 4) is 11.6 Å². The summed E-state index contributed by atoms with van der Waals surface area (Å²) in [6.45, 7) is 7.06. The number of halogens is 2. The number of amides is 1. The minimum atomic E-state index is -0.567. The van der Waals surface area contributed by atoms with Crippen molar-refractivity contribution in [3.05, 3.63) is 14.5 Å². The van der Waals surface area contributed by atoms with Gasteiger partial charge in [0.1, 0.15) is 3.79 Å². The van der Waals surface area contributed by atoms with Gasteiger partial charge in [0.15, 0.2) is 10.9 Å². The number of thiophene rings is 1. The zero-order valence-electron chi connectivity index (χ0n) is 13.8. The van der Waals surface area contributed by atoms with Gasteiger partial charge >= 0.3 is 6.09 Å². The van der Waals surface area contributed by atoms with Crippen molar-refractivity contribution in [2.24, 2.45) is 5.41 Å². The molecule has 0 saturated heterocycles. The monoisotopic (exact) mass is 432 g/mol. The molecule has 0 aliphatic carbocycles. The third-order valence-electron chi connectivity index (χ3n) is 4.15. The second-order valence-electron chi connectivity index (χ2n) is 6.73. The van der Waals surface area contributed by atoms with Crippen molar-refractivity contribution in [2.75, 3.05) is 13.7 Å². The number of hydrogen-bond donors (Lipinski definition) is 1. The van der Waals surface area contributed by atoms with Gasteiger partial charge in [-0.3, -0.25) is 0 Å². The third kappa shape index (κ3) is 2.97. The van der Waals surface area contributed by atoms with Gasteiger partial charge in [-0.1, -0.05) is 32.4 Å². The third-order valence-corrected chi connectivity index (χ3v) is 6.35. The Morgan fingerprint density at radius 2 is 2.21 bits per heavy atom. The zero-order valence-corrected chi connectivity index (χ0v) is 17.0. The molecular weight excluding hydrogens is 416 g/mol. The Balaban J connectivity index is 2.35. The fourth-order valence-electron chi connectivity index (χ4n) is 3.04. The molecule has 1 unspecified atom stereocenters. The van der Waals surface area contributed by atoms with Crippen molar-refractivity contribution >= 4 is 55.0 Å². The summed E-state index contributed by atoms with van der Waals surface area (Å²) in [5, 5.41) is 3.66. The van der Waals surface area contributed by atoms with Gasteiger partial charge in [-0.25, -0.2) is 4.79 Å². The molecule has 24 heavy (non-hydrogen) atoms. The van der Waals surface area contributed by atoms with E-state index in [1.54, 1.807) is 0 Å². The molecule has 130 valence electrons. The van der Waals surface area contributed by atoms with Crippen LogP contribution >= 0.6 is 38.9 Å². The highest BCUT2D eigenvalue weighted by atomic mass is 79.9. The molecule has 0 radical (unpaired) electrons. The minimum Gasteiger partial charge on any atom is -0.491 e. The molecule has 8 heteroatoms. The minimum absolute atomic E-state index is 0.0530. The van der Waals surface area contributed by atoms with E-state index in [0.29, 0.717) is 11.8 Å². The smallest absolute Gasteiger partial charge is 0.413 e. The number of nitrogens with one attached hydrogen (secondary N) is 1. The van der Waals surface area contributed by atoms with Crippen LogP contribution in [0.25, 0.3) is 10.1 Å². The van der Waals surface area contributed by atoms with E-state index in [1.807, 2.05) is 0 Å². The molecule has 1 aliphatic heterocycles. The van der Waals surface area contributed by atoms with Crippen LogP contribution < -0.4 is 14.8 Å². The Bertz CT molecular complexity index is 816. The maximum atomic E-state index is 11.8. The standard InChI is InChI=1S/C16H18BrClN2O3S/c1-16(2,3)7-5-6-22-10-9-8(7)14(23-15(21)19-4)20-13(18)11(9)24-12(10)17/h7H,5-6H2,1-4H3,(H,19,21).